The number of esters is 1. The van der Waals surface area contributed by atoms with E-state index < -0.39 is 0 Å². The van der Waals surface area contributed by atoms with E-state index in [-0.39, 0.29) is 11.8 Å². The van der Waals surface area contributed by atoms with Gasteiger partial charge >= 0.3 is 5.97 Å². The summed E-state index contributed by atoms with van der Waals surface area (Å²) in [6.45, 7) is 4.35. The van der Waals surface area contributed by atoms with Crippen LogP contribution in [0, 0.1) is 0 Å². The minimum absolute atomic E-state index is 0.0543. The molecule has 0 heterocycles. The topological polar surface area (TPSA) is 61.8 Å². The van der Waals surface area contributed by atoms with Gasteiger partial charge in [0, 0.05) is 16.7 Å². The summed E-state index contributed by atoms with van der Waals surface area (Å²) in [6, 6.07) is 14.2. The van der Waals surface area contributed by atoms with Gasteiger partial charge in [-0.15, -0.1) is 0 Å². The number of ether oxygens (including phenoxy) is 2. The maximum Gasteiger partial charge on any atom is 0.333 e. The third-order valence-corrected chi connectivity index (χ3v) is 4.46. The van der Waals surface area contributed by atoms with E-state index >= 15 is 0 Å². The van der Waals surface area contributed by atoms with E-state index in [1.165, 1.54) is 0 Å². The Kier molecular flexibility index (Phi) is 13.1. The van der Waals surface area contributed by atoms with Crippen LogP contribution in [-0.4, -0.2) is 46.4 Å². The lowest BCUT2D eigenvalue weighted by molar-refractivity contribution is -0.139. The van der Waals surface area contributed by atoms with Crippen molar-refractivity contribution in [3.8, 4) is 5.75 Å². The van der Waals surface area contributed by atoms with Crippen LogP contribution in [0.15, 0.2) is 54.1 Å². The van der Waals surface area contributed by atoms with Gasteiger partial charge in [0.2, 0.25) is 0 Å². The Bertz CT molecular complexity index is 830. The third kappa shape index (κ3) is 9.91. The SMILES string of the molecule is CCCCCCOC(=O)/C(C)=C/c1ccc(C(=O)c2ccc(OC)cc2)cc1.[SiH3]O[SiH3]. The van der Waals surface area contributed by atoms with E-state index in [4.69, 9.17) is 9.47 Å². The van der Waals surface area contributed by atoms with Crippen LogP contribution in [0.4, 0.5) is 0 Å². The van der Waals surface area contributed by atoms with E-state index in [1.807, 2.05) is 12.1 Å². The molecule has 7 heteroatoms. The minimum atomic E-state index is -0.296. The van der Waals surface area contributed by atoms with Crippen LogP contribution in [0.25, 0.3) is 6.08 Å². The predicted molar refractivity (Wildman–Crippen MR) is 133 cm³/mol. The Morgan fingerprint density at radius 2 is 1.45 bits per heavy atom. The summed E-state index contributed by atoms with van der Waals surface area (Å²) in [7, 11) is 3.45. The average molecular weight is 459 g/mol. The number of carbonyl (C=O) groups is 2. The summed E-state index contributed by atoms with van der Waals surface area (Å²) in [5.41, 5.74) is 2.60. The Hall–Kier alpha value is -2.49. The molecule has 31 heavy (non-hydrogen) atoms. The zero-order valence-corrected chi connectivity index (χ0v) is 23.3. The summed E-state index contributed by atoms with van der Waals surface area (Å²) in [5.74, 6) is 0.362. The van der Waals surface area contributed by atoms with Crippen LogP contribution in [0.1, 0.15) is 61.0 Å². The van der Waals surface area contributed by atoms with Gasteiger partial charge in [0.05, 0.1) is 13.7 Å². The van der Waals surface area contributed by atoms with E-state index in [9.17, 15) is 9.59 Å². The molecule has 0 aliphatic carbocycles. The van der Waals surface area contributed by atoms with Crippen molar-refractivity contribution >= 4 is 38.8 Å². The second kappa shape index (κ2) is 15.3. The summed E-state index contributed by atoms with van der Waals surface area (Å²) < 4.78 is 14.9. The van der Waals surface area contributed by atoms with E-state index in [0.29, 0.717) is 29.1 Å². The molecule has 0 spiro atoms. The first kappa shape index (κ1) is 26.5. The van der Waals surface area contributed by atoms with Crippen molar-refractivity contribution in [3.63, 3.8) is 0 Å². The van der Waals surface area contributed by atoms with Crippen molar-refractivity contribution in [2.24, 2.45) is 0 Å². The van der Waals surface area contributed by atoms with Crippen molar-refractivity contribution in [3.05, 3.63) is 70.8 Å². The Balaban J connectivity index is 0.00000151. The first-order valence-electron chi connectivity index (χ1n) is 10.5. The van der Waals surface area contributed by atoms with Crippen molar-refractivity contribution in [1.29, 1.82) is 0 Å². The zero-order chi connectivity index (χ0) is 23.1. The van der Waals surface area contributed by atoms with Gasteiger partial charge in [-0.05, 0) is 49.2 Å². The Morgan fingerprint density at radius 3 is 1.97 bits per heavy atom. The molecule has 0 aliphatic rings. The molecular formula is C24H34O5Si2. The fourth-order valence-corrected chi connectivity index (χ4v) is 2.76. The molecule has 2 aromatic rings. The highest BCUT2D eigenvalue weighted by molar-refractivity contribution is 6.15. The number of rotatable bonds is 10. The monoisotopic (exact) mass is 458 g/mol. The van der Waals surface area contributed by atoms with Gasteiger partial charge < -0.3 is 13.6 Å². The lowest BCUT2D eigenvalue weighted by Crippen LogP contribution is -2.07. The summed E-state index contributed by atoms with van der Waals surface area (Å²) >= 11 is 0. The second-order valence-corrected chi connectivity index (χ2v) is 10.4. The number of hydrogen-bond acceptors (Lipinski definition) is 5. The van der Waals surface area contributed by atoms with Crippen LogP contribution < -0.4 is 4.74 Å². The Morgan fingerprint density at radius 1 is 0.903 bits per heavy atom. The number of carbonyl (C=O) groups excluding carboxylic acids is 2. The second-order valence-electron chi connectivity index (χ2n) is 7.11. The van der Waals surface area contributed by atoms with Gasteiger partial charge in [0.1, 0.15) is 26.7 Å². The van der Waals surface area contributed by atoms with Gasteiger partial charge in [-0.2, -0.15) is 0 Å². The van der Waals surface area contributed by atoms with Crippen LogP contribution in [0.5, 0.6) is 5.75 Å². The standard InChI is InChI=1S/C24H28O4.H6OSi2/c1-4-5-6-7-16-28-24(26)18(2)17-19-8-10-20(11-9-19)23(25)21-12-14-22(27-3)15-13-21;2-1-3/h8-15,17H,4-7,16H2,1-3H3;2-3H3/b18-17+;. The summed E-state index contributed by atoms with van der Waals surface area (Å²) in [5, 5.41) is 0. The van der Waals surface area contributed by atoms with Crippen LogP contribution in [0.2, 0.25) is 0 Å². The summed E-state index contributed by atoms with van der Waals surface area (Å²) in [6.07, 6.45) is 6.07. The van der Waals surface area contributed by atoms with Crippen molar-refractivity contribution in [2.75, 3.05) is 13.7 Å². The highest BCUT2D eigenvalue weighted by Crippen LogP contribution is 2.17. The molecule has 168 valence electrons. The quantitative estimate of drug-likeness (QED) is 0.180. The molecule has 0 saturated carbocycles. The van der Waals surface area contributed by atoms with Gasteiger partial charge in [-0.1, -0.05) is 50.5 Å². The minimum Gasteiger partial charge on any atom is -0.497 e. The van der Waals surface area contributed by atoms with Crippen LogP contribution in [0.3, 0.4) is 0 Å². The number of benzene rings is 2. The molecule has 0 fully saturated rings. The largest absolute Gasteiger partial charge is 0.497 e. The third-order valence-electron chi connectivity index (χ3n) is 4.46. The van der Waals surface area contributed by atoms with Crippen molar-refractivity contribution < 1.29 is 23.2 Å². The molecular weight excluding hydrogens is 424 g/mol. The fraction of sp³-hybridized carbons (Fsp3) is 0.333. The molecule has 5 nitrogen and oxygen atoms in total. The molecule has 0 atom stereocenters. The maximum atomic E-state index is 12.6. The molecule has 0 unspecified atom stereocenters. The molecule has 2 aromatic carbocycles. The van der Waals surface area contributed by atoms with Crippen LogP contribution >= 0.6 is 0 Å². The highest BCUT2D eigenvalue weighted by atomic mass is 28.3. The molecule has 0 radical (unpaired) electrons. The fourth-order valence-electron chi connectivity index (χ4n) is 2.76. The highest BCUT2D eigenvalue weighted by Gasteiger charge is 2.10. The first-order valence-corrected chi connectivity index (χ1v) is 12.1. The summed E-state index contributed by atoms with van der Waals surface area (Å²) in [4.78, 5) is 24.6. The molecule has 0 saturated heterocycles. The zero-order valence-electron chi connectivity index (χ0n) is 19.3. The number of ketones is 1. The maximum absolute atomic E-state index is 12.6. The first-order chi connectivity index (χ1) is 15.0. The number of hydrogen-bond donors (Lipinski definition) is 0. The van der Waals surface area contributed by atoms with E-state index in [1.54, 1.807) is 56.5 Å². The molecule has 0 aromatic heterocycles. The van der Waals surface area contributed by atoms with Gasteiger partial charge in [-0.25, -0.2) is 4.79 Å². The molecule has 0 bridgehead atoms. The number of methoxy groups -OCH3 is 1. The van der Waals surface area contributed by atoms with E-state index in [2.05, 4.69) is 11.0 Å². The number of unbranched alkanes of at least 4 members (excludes halogenated alkanes) is 3. The smallest absolute Gasteiger partial charge is 0.333 e. The predicted octanol–water partition coefficient (Wildman–Crippen LogP) is 3.02. The van der Waals surface area contributed by atoms with E-state index in [0.717, 1.165) is 52.2 Å². The Labute approximate surface area is 191 Å². The average Bonchev–Trinajstić information content (AvgIpc) is 2.79. The van der Waals surface area contributed by atoms with Gasteiger partial charge in [0.25, 0.3) is 0 Å². The normalized spacial score (nSPS) is 10.9. The van der Waals surface area contributed by atoms with Gasteiger partial charge in [0.15, 0.2) is 5.78 Å². The van der Waals surface area contributed by atoms with Gasteiger partial charge in [-0.3, -0.25) is 4.79 Å². The molecule has 0 aliphatic heterocycles. The van der Waals surface area contributed by atoms with Crippen LogP contribution in [-0.2, 0) is 13.6 Å². The van der Waals surface area contributed by atoms with Crippen molar-refractivity contribution in [1.82, 2.24) is 0 Å². The molecule has 0 amide bonds. The lowest BCUT2D eigenvalue weighted by atomic mass is 10.0. The molecule has 2 rings (SSSR count). The lowest BCUT2D eigenvalue weighted by Gasteiger charge is -2.06. The molecule has 0 N–H and O–H groups in total. The van der Waals surface area contributed by atoms with Crippen molar-refractivity contribution in [2.45, 2.75) is 39.5 Å².